The van der Waals surface area contributed by atoms with Crippen molar-refractivity contribution in [3.8, 4) is 5.88 Å². The van der Waals surface area contributed by atoms with E-state index in [4.69, 9.17) is 4.74 Å². The van der Waals surface area contributed by atoms with Crippen LogP contribution in [0.4, 0.5) is 0 Å². The fourth-order valence-electron chi connectivity index (χ4n) is 2.36. The predicted molar refractivity (Wildman–Crippen MR) is 74.6 cm³/mol. The molecular weight excluding hydrogens is 270 g/mol. The molecule has 108 valence electrons. The quantitative estimate of drug-likeness (QED) is 0.623. The number of carbonyl (C=O) groups is 1. The van der Waals surface area contributed by atoms with Crippen molar-refractivity contribution in [3.05, 3.63) is 59.7 Å². The van der Waals surface area contributed by atoms with E-state index < -0.39 is 0 Å². The van der Waals surface area contributed by atoms with E-state index in [9.17, 15) is 10.0 Å². The first-order valence-electron chi connectivity index (χ1n) is 6.78. The topological polar surface area (TPSA) is 69.4 Å². The Morgan fingerprint density at radius 1 is 1.38 bits per heavy atom. The van der Waals surface area contributed by atoms with Crippen LogP contribution in [0.25, 0.3) is 0 Å². The molecule has 21 heavy (non-hydrogen) atoms. The van der Waals surface area contributed by atoms with Gasteiger partial charge in [-0.3, -0.25) is 4.79 Å². The van der Waals surface area contributed by atoms with Crippen molar-refractivity contribution in [1.29, 1.82) is 0 Å². The third-order valence-corrected chi connectivity index (χ3v) is 3.38. The van der Waals surface area contributed by atoms with Gasteiger partial charge in [0.2, 0.25) is 5.88 Å². The molecule has 2 aromatic heterocycles. The summed E-state index contributed by atoms with van der Waals surface area (Å²) in [5, 5.41) is 11.2. The average Bonchev–Trinajstić information content (AvgIpc) is 2.96. The normalized spacial score (nSPS) is 17.7. The molecule has 1 atom stereocenters. The van der Waals surface area contributed by atoms with Gasteiger partial charge in [-0.15, -0.1) is 0 Å². The van der Waals surface area contributed by atoms with Gasteiger partial charge in [0.05, 0.1) is 6.54 Å². The highest BCUT2D eigenvalue weighted by Crippen LogP contribution is 2.17. The minimum absolute atomic E-state index is 0.0630. The van der Waals surface area contributed by atoms with E-state index in [2.05, 4.69) is 4.98 Å². The molecule has 0 aliphatic carbocycles. The van der Waals surface area contributed by atoms with Crippen LogP contribution in [0.3, 0.4) is 0 Å². The van der Waals surface area contributed by atoms with Crippen LogP contribution in [0.1, 0.15) is 16.8 Å². The smallest absolute Gasteiger partial charge is 0.260 e. The number of likely N-dealkylation sites (tertiary alicyclic amines) is 1. The second kappa shape index (κ2) is 5.78. The zero-order valence-electron chi connectivity index (χ0n) is 11.4. The maximum absolute atomic E-state index is 12.3. The Bertz CT molecular complexity index is 633. The number of ether oxygens (including phenoxy) is 1. The van der Waals surface area contributed by atoms with Crippen molar-refractivity contribution in [2.24, 2.45) is 0 Å². The fourth-order valence-corrected chi connectivity index (χ4v) is 2.36. The van der Waals surface area contributed by atoms with Gasteiger partial charge in [-0.25, -0.2) is 4.98 Å². The van der Waals surface area contributed by atoms with Crippen molar-refractivity contribution < 1.29 is 14.3 Å². The van der Waals surface area contributed by atoms with Crippen molar-refractivity contribution >= 4 is 5.91 Å². The van der Waals surface area contributed by atoms with E-state index in [1.807, 2.05) is 12.1 Å². The summed E-state index contributed by atoms with van der Waals surface area (Å²) >= 11 is 0. The van der Waals surface area contributed by atoms with E-state index in [1.54, 1.807) is 29.3 Å². The van der Waals surface area contributed by atoms with Gasteiger partial charge in [-0.2, -0.15) is 4.73 Å². The number of rotatable bonds is 3. The summed E-state index contributed by atoms with van der Waals surface area (Å²) in [6, 6.07) is 8.69. The molecule has 1 aliphatic rings. The lowest BCUT2D eigenvalue weighted by atomic mass is 10.2. The van der Waals surface area contributed by atoms with Gasteiger partial charge in [-0.05, 0) is 12.1 Å². The standard InChI is InChI=1S/C15H15N3O3/c19-15(12-4-3-8-18(20)10-12)17-9-6-13(11-17)21-14-5-1-2-7-16-14/h1-5,7-8,10,13H,6,9,11H2/t13-/m0/s1. The molecule has 6 nitrogen and oxygen atoms in total. The molecule has 1 amide bonds. The lowest BCUT2D eigenvalue weighted by Gasteiger charge is -2.16. The first kappa shape index (κ1) is 13.4. The monoisotopic (exact) mass is 285 g/mol. The number of amides is 1. The average molecular weight is 285 g/mol. The molecule has 0 unspecified atom stereocenters. The van der Waals surface area contributed by atoms with Gasteiger partial charge >= 0.3 is 0 Å². The molecule has 0 spiro atoms. The van der Waals surface area contributed by atoms with Crippen LogP contribution >= 0.6 is 0 Å². The Hall–Kier alpha value is -2.63. The largest absolute Gasteiger partial charge is 0.619 e. The SMILES string of the molecule is O=C(c1ccc[n+]([O-])c1)N1CC[C@H](Oc2ccccn2)C1. The van der Waals surface area contributed by atoms with Crippen molar-refractivity contribution in [1.82, 2.24) is 9.88 Å². The van der Waals surface area contributed by atoms with Crippen LogP contribution in [0.15, 0.2) is 48.9 Å². The molecule has 3 heterocycles. The first-order valence-corrected chi connectivity index (χ1v) is 6.78. The lowest BCUT2D eigenvalue weighted by Crippen LogP contribution is -2.33. The van der Waals surface area contributed by atoms with Gasteiger partial charge in [0.15, 0.2) is 12.4 Å². The van der Waals surface area contributed by atoms with E-state index in [0.29, 0.717) is 29.3 Å². The van der Waals surface area contributed by atoms with Crippen LogP contribution in [0.5, 0.6) is 5.88 Å². The molecule has 0 radical (unpaired) electrons. The number of hydrogen-bond acceptors (Lipinski definition) is 4. The number of hydrogen-bond donors (Lipinski definition) is 0. The molecule has 3 rings (SSSR count). The molecule has 0 N–H and O–H groups in total. The van der Waals surface area contributed by atoms with E-state index >= 15 is 0 Å². The number of pyridine rings is 2. The minimum atomic E-state index is -0.146. The zero-order chi connectivity index (χ0) is 14.7. The van der Waals surface area contributed by atoms with Crippen molar-refractivity contribution in [3.63, 3.8) is 0 Å². The summed E-state index contributed by atoms with van der Waals surface area (Å²) in [5.74, 6) is 0.418. The highest BCUT2D eigenvalue weighted by atomic mass is 16.5. The van der Waals surface area contributed by atoms with Crippen molar-refractivity contribution in [2.45, 2.75) is 12.5 Å². The maximum atomic E-state index is 12.3. The molecule has 1 fully saturated rings. The summed E-state index contributed by atoms with van der Waals surface area (Å²) in [4.78, 5) is 18.1. The minimum Gasteiger partial charge on any atom is -0.619 e. The van der Waals surface area contributed by atoms with Crippen LogP contribution in [-0.4, -0.2) is 35.0 Å². The molecule has 0 saturated carbocycles. The molecule has 1 aliphatic heterocycles. The van der Waals surface area contributed by atoms with Gasteiger partial charge in [0.25, 0.3) is 5.91 Å². The Morgan fingerprint density at radius 3 is 3.05 bits per heavy atom. The molecule has 2 aromatic rings. The fraction of sp³-hybridized carbons (Fsp3) is 0.267. The number of nitrogens with zero attached hydrogens (tertiary/aromatic N) is 3. The van der Waals surface area contributed by atoms with Gasteiger partial charge in [-0.1, -0.05) is 6.07 Å². The maximum Gasteiger partial charge on any atom is 0.260 e. The molecule has 0 bridgehead atoms. The molecule has 1 saturated heterocycles. The second-order valence-corrected chi connectivity index (χ2v) is 4.90. The molecular formula is C15H15N3O3. The predicted octanol–water partition coefficient (Wildman–Crippen LogP) is 1.01. The summed E-state index contributed by atoms with van der Waals surface area (Å²) in [6.07, 6.45) is 5.01. The van der Waals surface area contributed by atoms with Gasteiger partial charge in [0, 0.05) is 31.3 Å². The summed E-state index contributed by atoms with van der Waals surface area (Å²) in [6.45, 7) is 1.12. The Morgan fingerprint density at radius 2 is 2.29 bits per heavy atom. The Balaban J connectivity index is 1.63. The third-order valence-electron chi connectivity index (χ3n) is 3.38. The number of carbonyl (C=O) groups excluding carboxylic acids is 1. The Kier molecular flexibility index (Phi) is 3.68. The second-order valence-electron chi connectivity index (χ2n) is 4.90. The highest BCUT2D eigenvalue weighted by Gasteiger charge is 2.29. The van der Waals surface area contributed by atoms with Crippen LogP contribution < -0.4 is 9.47 Å². The van der Waals surface area contributed by atoms with Crippen molar-refractivity contribution in [2.75, 3.05) is 13.1 Å². The van der Waals surface area contributed by atoms with E-state index in [1.165, 1.54) is 12.4 Å². The highest BCUT2D eigenvalue weighted by molar-refractivity contribution is 5.93. The van der Waals surface area contributed by atoms with Gasteiger partial charge < -0.3 is 14.8 Å². The van der Waals surface area contributed by atoms with Crippen LogP contribution in [-0.2, 0) is 0 Å². The number of aromatic nitrogens is 2. The van der Waals surface area contributed by atoms with Crippen LogP contribution in [0, 0.1) is 5.21 Å². The lowest BCUT2D eigenvalue weighted by molar-refractivity contribution is -0.605. The van der Waals surface area contributed by atoms with Crippen LogP contribution in [0.2, 0.25) is 0 Å². The summed E-state index contributed by atoms with van der Waals surface area (Å²) in [7, 11) is 0. The zero-order valence-corrected chi connectivity index (χ0v) is 11.4. The first-order chi connectivity index (χ1) is 10.2. The molecule has 0 aromatic carbocycles. The van der Waals surface area contributed by atoms with E-state index in [0.717, 1.165) is 6.42 Å². The Labute approximate surface area is 122 Å². The van der Waals surface area contributed by atoms with E-state index in [-0.39, 0.29) is 12.0 Å². The van der Waals surface area contributed by atoms with Gasteiger partial charge in [0.1, 0.15) is 11.7 Å². The third kappa shape index (κ3) is 3.10. The summed E-state index contributed by atoms with van der Waals surface area (Å²) < 4.78 is 6.37. The molecule has 6 heteroatoms. The summed E-state index contributed by atoms with van der Waals surface area (Å²) in [5.41, 5.74) is 0.394.